The highest BCUT2D eigenvalue weighted by Gasteiger charge is 2.04. The molecule has 0 bridgehead atoms. The first kappa shape index (κ1) is 29.1. The van der Waals surface area contributed by atoms with Crippen molar-refractivity contribution in [2.45, 2.75) is 142 Å². The zero-order valence-electron chi connectivity index (χ0n) is 19.3. The predicted octanol–water partition coefficient (Wildman–Crippen LogP) is 10.7. The molecule has 0 heterocycles. The molecule has 1 atom stereocenters. The Labute approximate surface area is 189 Å². The van der Waals surface area contributed by atoms with Gasteiger partial charge in [-0.2, -0.15) is 0 Å². The van der Waals surface area contributed by atoms with Gasteiger partial charge in [-0.05, 0) is 12.8 Å². The second-order valence-corrected chi connectivity index (χ2v) is 13.3. The number of hydrogen-bond acceptors (Lipinski definition) is 3. The lowest BCUT2D eigenvalue weighted by molar-refractivity contribution is 0.348. The van der Waals surface area contributed by atoms with Crippen LogP contribution in [0.4, 0.5) is 0 Å². The van der Waals surface area contributed by atoms with E-state index < -0.39 is 6.55 Å². The molecule has 0 spiro atoms. The SMILES string of the molecule is CCCCCCCCCCCCOP(S)SCCCCCCCCCCCC. The van der Waals surface area contributed by atoms with Crippen LogP contribution in [0.3, 0.4) is 0 Å². The first-order valence-corrected chi connectivity index (χ1v) is 16.6. The Morgan fingerprint density at radius 1 is 0.536 bits per heavy atom. The van der Waals surface area contributed by atoms with Crippen molar-refractivity contribution in [2.24, 2.45) is 0 Å². The highest BCUT2D eigenvalue weighted by atomic mass is 33.1. The molecule has 0 aromatic carbocycles. The number of hydrogen-bond donors (Lipinski definition) is 1. The van der Waals surface area contributed by atoms with Crippen molar-refractivity contribution < 1.29 is 4.52 Å². The molecule has 0 aliphatic rings. The normalized spacial score (nSPS) is 12.5. The van der Waals surface area contributed by atoms with Gasteiger partial charge in [-0.1, -0.05) is 141 Å². The Kier molecular flexibility index (Phi) is 27.1. The Morgan fingerprint density at radius 3 is 1.32 bits per heavy atom. The average molecular weight is 451 g/mol. The Balaban J connectivity index is 3.12. The van der Waals surface area contributed by atoms with Gasteiger partial charge in [0.05, 0.1) is 6.61 Å². The van der Waals surface area contributed by atoms with Gasteiger partial charge in [0.1, 0.15) is 6.55 Å². The van der Waals surface area contributed by atoms with Crippen molar-refractivity contribution in [3.63, 3.8) is 0 Å². The van der Waals surface area contributed by atoms with Gasteiger partial charge in [0, 0.05) is 5.75 Å². The van der Waals surface area contributed by atoms with Crippen LogP contribution in [-0.4, -0.2) is 12.4 Å². The first-order chi connectivity index (χ1) is 13.8. The average Bonchev–Trinajstić information content (AvgIpc) is 2.70. The van der Waals surface area contributed by atoms with E-state index in [1.165, 1.54) is 134 Å². The Morgan fingerprint density at radius 2 is 0.893 bits per heavy atom. The van der Waals surface area contributed by atoms with Gasteiger partial charge in [0.25, 0.3) is 0 Å². The van der Waals surface area contributed by atoms with Crippen molar-refractivity contribution >= 4 is 30.2 Å². The summed E-state index contributed by atoms with van der Waals surface area (Å²) in [5, 5.41) is 0. The molecule has 0 aromatic rings. The lowest BCUT2D eigenvalue weighted by Crippen LogP contribution is -1.88. The van der Waals surface area contributed by atoms with Gasteiger partial charge in [-0.15, -0.1) is 12.2 Å². The van der Waals surface area contributed by atoms with Gasteiger partial charge < -0.3 is 4.52 Å². The summed E-state index contributed by atoms with van der Waals surface area (Å²) in [5.41, 5.74) is 0. The summed E-state index contributed by atoms with van der Waals surface area (Å²) in [6.07, 6.45) is 28.0. The Hall–Kier alpha value is 1.09. The van der Waals surface area contributed by atoms with Crippen molar-refractivity contribution in [3.05, 3.63) is 0 Å². The molecular weight excluding hydrogens is 399 g/mol. The van der Waals surface area contributed by atoms with E-state index in [2.05, 4.69) is 26.1 Å². The van der Waals surface area contributed by atoms with Gasteiger partial charge >= 0.3 is 0 Å². The summed E-state index contributed by atoms with van der Waals surface area (Å²) in [7, 11) is 0. The quantitative estimate of drug-likeness (QED) is 0.0889. The molecule has 0 rings (SSSR count). The van der Waals surface area contributed by atoms with Crippen molar-refractivity contribution in [3.8, 4) is 0 Å². The molecule has 0 aliphatic carbocycles. The fourth-order valence-corrected chi connectivity index (χ4v) is 6.63. The smallest absolute Gasteiger partial charge is 0.148 e. The Bertz CT molecular complexity index is 253. The molecule has 1 nitrogen and oxygen atoms in total. The highest BCUT2D eigenvalue weighted by Crippen LogP contribution is 2.55. The molecule has 0 saturated carbocycles. The van der Waals surface area contributed by atoms with Gasteiger partial charge in [0.15, 0.2) is 0 Å². The molecule has 28 heavy (non-hydrogen) atoms. The largest absolute Gasteiger partial charge is 0.339 e. The van der Waals surface area contributed by atoms with E-state index >= 15 is 0 Å². The van der Waals surface area contributed by atoms with Crippen LogP contribution in [0.5, 0.6) is 0 Å². The van der Waals surface area contributed by atoms with Crippen LogP contribution >= 0.6 is 30.2 Å². The molecule has 1 unspecified atom stereocenters. The second-order valence-electron chi connectivity index (χ2n) is 8.27. The van der Waals surface area contributed by atoms with Crippen LogP contribution in [0.15, 0.2) is 0 Å². The minimum absolute atomic E-state index is 0.542. The standard InChI is InChI=1S/C24H51OPS2/c1-3-5-7-9-11-13-15-17-19-21-23-25-26(27)28-24-22-20-18-16-14-12-10-8-6-4-2/h27H,3-24H2,1-2H3. The number of rotatable bonds is 24. The van der Waals surface area contributed by atoms with E-state index in [0.717, 1.165) is 6.61 Å². The summed E-state index contributed by atoms with van der Waals surface area (Å²) in [6, 6.07) is 0. The molecule has 0 fully saturated rings. The van der Waals surface area contributed by atoms with Crippen LogP contribution in [-0.2, 0) is 4.52 Å². The summed E-state index contributed by atoms with van der Waals surface area (Å²) in [5.74, 6) is 1.23. The topological polar surface area (TPSA) is 9.23 Å². The molecule has 170 valence electrons. The van der Waals surface area contributed by atoms with E-state index in [4.69, 9.17) is 4.52 Å². The molecule has 0 amide bonds. The maximum Gasteiger partial charge on any atom is 0.148 e. The predicted molar refractivity (Wildman–Crippen MR) is 138 cm³/mol. The first-order valence-electron chi connectivity index (χ1n) is 12.6. The zero-order valence-corrected chi connectivity index (χ0v) is 21.9. The van der Waals surface area contributed by atoms with Crippen LogP contribution in [0.1, 0.15) is 142 Å². The van der Waals surface area contributed by atoms with E-state index in [1.54, 1.807) is 0 Å². The molecule has 0 aliphatic heterocycles. The number of thiol groups is 1. The summed E-state index contributed by atoms with van der Waals surface area (Å²) in [6.45, 7) is 4.95. The minimum atomic E-state index is -0.542. The molecule has 0 saturated heterocycles. The van der Waals surface area contributed by atoms with Gasteiger partial charge in [-0.25, -0.2) is 0 Å². The summed E-state index contributed by atoms with van der Waals surface area (Å²) >= 11 is 6.58. The van der Waals surface area contributed by atoms with E-state index in [1.807, 2.05) is 11.4 Å². The van der Waals surface area contributed by atoms with Crippen LogP contribution in [0.25, 0.3) is 0 Å². The molecule has 4 heteroatoms. The number of unbranched alkanes of at least 4 members (excludes halogenated alkanes) is 18. The highest BCUT2D eigenvalue weighted by molar-refractivity contribution is 8.82. The second kappa shape index (κ2) is 26.1. The van der Waals surface area contributed by atoms with Gasteiger partial charge in [0.2, 0.25) is 0 Å². The van der Waals surface area contributed by atoms with Crippen LogP contribution < -0.4 is 0 Å². The molecular formula is C24H51OPS2. The van der Waals surface area contributed by atoms with E-state index in [0.29, 0.717) is 0 Å². The lowest BCUT2D eigenvalue weighted by Gasteiger charge is -2.11. The van der Waals surface area contributed by atoms with E-state index in [9.17, 15) is 0 Å². The minimum Gasteiger partial charge on any atom is -0.339 e. The lowest BCUT2D eigenvalue weighted by atomic mass is 10.1. The van der Waals surface area contributed by atoms with Gasteiger partial charge in [-0.3, -0.25) is 0 Å². The van der Waals surface area contributed by atoms with E-state index in [-0.39, 0.29) is 0 Å². The third-order valence-corrected chi connectivity index (χ3v) is 9.41. The van der Waals surface area contributed by atoms with Crippen molar-refractivity contribution in [1.29, 1.82) is 0 Å². The van der Waals surface area contributed by atoms with Crippen LogP contribution in [0.2, 0.25) is 0 Å². The van der Waals surface area contributed by atoms with Crippen molar-refractivity contribution in [1.82, 2.24) is 0 Å². The maximum atomic E-state index is 5.90. The van der Waals surface area contributed by atoms with Crippen molar-refractivity contribution in [2.75, 3.05) is 12.4 Å². The monoisotopic (exact) mass is 450 g/mol. The summed E-state index contributed by atoms with van der Waals surface area (Å²) in [4.78, 5) is 0. The van der Waals surface area contributed by atoms with Crippen LogP contribution in [0, 0.1) is 0 Å². The summed E-state index contributed by atoms with van der Waals surface area (Å²) < 4.78 is 5.90. The fourth-order valence-electron chi connectivity index (χ4n) is 3.50. The third-order valence-electron chi connectivity index (χ3n) is 5.40. The zero-order chi connectivity index (χ0) is 20.5. The molecule has 0 aromatic heterocycles. The fraction of sp³-hybridized carbons (Fsp3) is 1.00. The molecule has 0 N–H and O–H groups in total. The third kappa shape index (κ3) is 25.1. The molecule has 0 radical (unpaired) electrons. The maximum absolute atomic E-state index is 5.90.